The predicted molar refractivity (Wildman–Crippen MR) is 82.1 cm³/mol. The van der Waals surface area contributed by atoms with E-state index in [1.165, 1.54) is 0 Å². The number of nitrogens with two attached hydrogens (primary N) is 1. The third-order valence-corrected chi connectivity index (χ3v) is 4.25. The highest BCUT2D eigenvalue weighted by Crippen LogP contribution is 2.22. The van der Waals surface area contributed by atoms with Crippen molar-refractivity contribution in [1.82, 2.24) is 10.2 Å². The van der Waals surface area contributed by atoms with Crippen LogP contribution in [0.3, 0.4) is 0 Å². The number of rotatable bonds is 11. The summed E-state index contributed by atoms with van der Waals surface area (Å²) in [6.45, 7) is 14.5. The lowest BCUT2D eigenvalue weighted by Gasteiger charge is -2.34. The van der Waals surface area contributed by atoms with Crippen molar-refractivity contribution in [3.8, 4) is 0 Å². The Hall–Kier alpha value is -0.610. The molecule has 0 fully saturated rings. The molecule has 0 aliphatic rings. The van der Waals surface area contributed by atoms with Gasteiger partial charge in [-0.1, -0.05) is 41.0 Å². The van der Waals surface area contributed by atoms with Crippen LogP contribution in [0.2, 0.25) is 0 Å². The molecule has 0 radical (unpaired) electrons. The van der Waals surface area contributed by atoms with E-state index in [-0.39, 0.29) is 5.91 Å². The second-order valence-electron chi connectivity index (χ2n) is 5.47. The van der Waals surface area contributed by atoms with Crippen LogP contribution < -0.4 is 11.1 Å². The van der Waals surface area contributed by atoms with Crippen LogP contribution >= 0.6 is 0 Å². The van der Waals surface area contributed by atoms with E-state index < -0.39 is 5.54 Å². The summed E-state index contributed by atoms with van der Waals surface area (Å²) in [7, 11) is 0. The number of likely N-dealkylation sites (N-methyl/N-ethyl adjacent to an activating group) is 1. The molecule has 0 rings (SSSR count). The van der Waals surface area contributed by atoms with E-state index in [0.29, 0.717) is 5.92 Å². The lowest BCUT2D eigenvalue weighted by molar-refractivity contribution is -0.125. The molecule has 1 amide bonds. The van der Waals surface area contributed by atoms with Crippen LogP contribution in [0.15, 0.2) is 0 Å². The summed E-state index contributed by atoms with van der Waals surface area (Å²) in [4.78, 5) is 14.2. The first-order valence-corrected chi connectivity index (χ1v) is 7.72. The number of carbonyl (C=O) groups excluding carboxylic acids is 1. The van der Waals surface area contributed by atoms with Gasteiger partial charge in [0.2, 0.25) is 5.91 Å². The fourth-order valence-electron chi connectivity index (χ4n) is 2.44. The van der Waals surface area contributed by atoms with Gasteiger partial charge < -0.3 is 16.0 Å². The molecule has 2 unspecified atom stereocenters. The number of hydrogen-bond donors (Lipinski definition) is 2. The minimum Gasteiger partial charge on any atom is -0.368 e. The SMILES string of the molecule is CCC(C)CC(CC)(NCCN(CC)CC)C(N)=O. The average Bonchev–Trinajstić information content (AvgIpc) is 2.41. The van der Waals surface area contributed by atoms with Crippen LogP contribution in [0.5, 0.6) is 0 Å². The molecule has 2 atom stereocenters. The van der Waals surface area contributed by atoms with Crippen molar-refractivity contribution in [3.05, 3.63) is 0 Å². The van der Waals surface area contributed by atoms with Crippen molar-refractivity contribution in [2.45, 2.75) is 59.4 Å². The summed E-state index contributed by atoms with van der Waals surface area (Å²) in [5.41, 5.74) is 5.11. The number of amides is 1. The Kier molecular flexibility index (Phi) is 9.02. The van der Waals surface area contributed by atoms with E-state index in [1.807, 2.05) is 6.92 Å². The number of carbonyl (C=O) groups is 1. The van der Waals surface area contributed by atoms with Crippen molar-refractivity contribution in [2.75, 3.05) is 26.2 Å². The molecule has 4 nitrogen and oxygen atoms in total. The molecular weight excluding hydrogens is 238 g/mol. The summed E-state index contributed by atoms with van der Waals surface area (Å²) in [5, 5.41) is 3.43. The van der Waals surface area contributed by atoms with Gasteiger partial charge in [-0.25, -0.2) is 0 Å². The fourth-order valence-corrected chi connectivity index (χ4v) is 2.44. The van der Waals surface area contributed by atoms with Crippen LogP contribution in [0.1, 0.15) is 53.9 Å². The number of nitrogens with zero attached hydrogens (tertiary/aromatic N) is 1. The van der Waals surface area contributed by atoms with Crippen LogP contribution in [0.25, 0.3) is 0 Å². The van der Waals surface area contributed by atoms with E-state index in [0.717, 1.165) is 45.4 Å². The second kappa shape index (κ2) is 9.32. The fraction of sp³-hybridized carbons (Fsp3) is 0.933. The number of hydrogen-bond acceptors (Lipinski definition) is 3. The smallest absolute Gasteiger partial charge is 0.237 e. The van der Waals surface area contributed by atoms with Crippen molar-refractivity contribution in [2.24, 2.45) is 11.7 Å². The minimum atomic E-state index is -0.539. The highest BCUT2D eigenvalue weighted by Gasteiger charge is 2.35. The summed E-state index contributed by atoms with van der Waals surface area (Å²) in [6.07, 6.45) is 2.66. The highest BCUT2D eigenvalue weighted by atomic mass is 16.1. The van der Waals surface area contributed by atoms with Crippen molar-refractivity contribution < 1.29 is 4.79 Å². The van der Waals surface area contributed by atoms with E-state index in [1.54, 1.807) is 0 Å². The van der Waals surface area contributed by atoms with Crippen molar-refractivity contribution in [3.63, 3.8) is 0 Å². The topological polar surface area (TPSA) is 58.4 Å². The Balaban J connectivity index is 4.54. The lowest BCUT2D eigenvalue weighted by atomic mass is 9.84. The summed E-state index contributed by atoms with van der Waals surface area (Å²) >= 11 is 0. The number of primary amides is 1. The molecule has 0 spiro atoms. The first-order chi connectivity index (χ1) is 8.95. The van der Waals surface area contributed by atoms with Gasteiger partial charge in [0.25, 0.3) is 0 Å². The van der Waals surface area contributed by atoms with Gasteiger partial charge in [-0.15, -0.1) is 0 Å². The molecule has 0 aromatic carbocycles. The van der Waals surface area contributed by atoms with E-state index in [9.17, 15) is 4.79 Å². The molecular formula is C15H33N3O. The van der Waals surface area contributed by atoms with Gasteiger partial charge in [0.1, 0.15) is 0 Å². The van der Waals surface area contributed by atoms with Gasteiger partial charge in [0, 0.05) is 13.1 Å². The molecule has 19 heavy (non-hydrogen) atoms. The Labute approximate surface area is 119 Å². The summed E-state index contributed by atoms with van der Waals surface area (Å²) < 4.78 is 0. The molecule has 0 heterocycles. The van der Waals surface area contributed by atoms with Crippen LogP contribution in [0, 0.1) is 5.92 Å². The maximum atomic E-state index is 11.9. The zero-order chi connectivity index (χ0) is 14.9. The molecule has 0 aromatic rings. The molecule has 0 aromatic heterocycles. The molecule has 0 saturated carbocycles. The molecule has 4 heteroatoms. The van der Waals surface area contributed by atoms with Crippen LogP contribution in [-0.2, 0) is 4.79 Å². The van der Waals surface area contributed by atoms with Gasteiger partial charge in [-0.3, -0.25) is 4.79 Å². The Morgan fingerprint density at radius 2 is 1.84 bits per heavy atom. The molecule has 0 bridgehead atoms. The molecule has 0 aliphatic heterocycles. The van der Waals surface area contributed by atoms with E-state index in [2.05, 4.69) is 37.9 Å². The second-order valence-corrected chi connectivity index (χ2v) is 5.47. The van der Waals surface area contributed by atoms with E-state index >= 15 is 0 Å². The zero-order valence-corrected chi connectivity index (χ0v) is 13.5. The first kappa shape index (κ1) is 18.4. The van der Waals surface area contributed by atoms with Gasteiger partial charge in [-0.05, 0) is 31.8 Å². The minimum absolute atomic E-state index is 0.213. The molecule has 114 valence electrons. The maximum Gasteiger partial charge on any atom is 0.237 e. The third kappa shape index (κ3) is 5.91. The normalized spacial score (nSPS) is 16.3. The maximum absolute atomic E-state index is 11.9. The Morgan fingerprint density at radius 1 is 1.26 bits per heavy atom. The van der Waals surface area contributed by atoms with E-state index in [4.69, 9.17) is 5.73 Å². The quantitative estimate of drug-likeness (QED) is 0.604. The predicted octanol–water partition coefficient (Wildman–Crippen LogP) is 1.99. The summed E-state index contributed by atoms with van der Waals surface area (Å²) in [5.74, 6) is 0.295. The monoisotopic (exact) mass is 271 g/mol. The largest absolute Gasteiger partial charge is 0.368 e. The van der Waals surface area contributed by atoms with Crippen molar-refractivity contribution in [1.29, 1.82) is 0 Å². The third-order valence-electron chi connectivity index (χ3n) is 4.25. The van der Waals surface area contributed by atoms with Gasteiger partial charge >= 0.3 is 0 Å². The lowest BCUT2D eigenvalue weighted by Crippen LogP contribution is -2.57. The van der Waals surface area contributed by atoms with Crippen LogP contribution in [0.4, 0.5) is 0 Å². The molecule has 0 saturated heterocycles. The van der Waals surface area contributed by atoms with Crippen molar-refractivity contribution >= 4 is 5.91 Å². The Morgan fingerprint density at radius 3 is 2.21 bits per heavy atom. The van der Waals surface area contributed by atoms with Gasteiger partial charge in [-0.2, -0.15) is 0 Å². The Bertz CT molecular complexity index is 254. The summed E-state index contributed by atoms with van der Waals surface area (Å²) in [6, 6.07) is 0. The average molecular weight is 271 g/mol. The van der Waals surface area contributed by atoms with Gasteiger partial charge in [0.05, 0.1) is 5.54 Å². The molecule has 3 N–H and O–H groups in total. The highest BCUT2D eigenvalue weighted by molar-refractivity contribution is 5.84. The standard InChI is InChI=1S/C15H33N3O/c1-6-13(5)12-15(7-2,14(16)19)17-10-11-18(8-3)9-4/h13,17H,6-12H2,1-5H3,(H2,16,19). The molecule has 0 aliphatic carbocycles. The first-order valence-electron chi connectivity index (χ1n) is 7.72. The zero-order valence-electron chi connectivity index (χ0n) is 13.5. The van der Waals surface area contributed by atoms with Gasteiger partial charge in [0.15, 0.2) is 0 Å². The van der Waals surface area contributed by atoms with Crippen LogP contribution in [-0.4, -0.2) is 42.5 Å². The number of nitrogens with one attached hydrogen (secondary N) is 1.